The van der Waals surface area contributed by atoms with Crippen LogP contribution in [-0.4, -0.2) is 62.2 Å². The molecule has 30 heavy (non-hydrogen) atoms. The number of nitrogens with one attached hydrogen (secondary N) is 1. The number of hydrogen-bond acceptors (Lipinski definition) is 6. The summed E-state index contributed by atoms with van der Waals surface area (Å²) in [5, 5.41) is 4.73. The molecule has 0 bridgehead atoms. The predicted molar refractivity (Wildman–Crippen MR) is 119 cm³/mol. The Bertz CT molecular complexity index is 1250. The Morgan fingerprint density at radius 3 is 2.43 bits per heavy atom. The Hall–Kier alpha value is -3.45. The molecule has 1 heterocycles. The highest BCUT2D eigenvalue weighted by Crippen LogP contribution is 2.38. The van der Waals surface area contributed by atoms with Gasteiger partial charge < -0.3 is 19.7 Å². The summed E-state index contributed by atoms with van der Waals surface area (Å²) in [7, 11) is 7.16. The number of hydrogen-bond donors (Lipinski definition) is 1. The van der Waals surface area contributed by atoms with Crippen LogP contribution in [0.25, 0.3) is 32.8 Å². The third-order valence-electron chi connectivity index (χ3n) is 5.06. The number of rotatable bonds is 6. The number of amides is 1. The van der Waals surface area contributed by atoms with Crippen molar-refractivity contribution in [2.75, 3.05) is 41.4 Å². The van der Waals surface area contributed by atoms with Gasteiger partial charge in [0.25, 0.3) is 5.91 Å². The average Bonchev–Trinajstić information content (AvgIpc) is 2.75. The summed E-state index contributed by atoms with van der Waals surface area (Å²) in [4.78, 5) is 24.4. The molecule has 1 amide bonds. The third-order valence-corrected chi connectivity index (χ3v) is 5.06. The average molecular weight is 404 g/mol. The van der Waals surface area contributed by atoms with Gasteiger partial charge in [-0.1, -0.05) is 6.07 Å². The van der Waals surface area contributed by atoms with E-state index >= 15 is 0 Å². The molecule has 0 aliphatic carbocycles. The number of ether oxygens (including phenoxy) is 2. The lowest BCUT2D eigenvalue weighted by Gasteiger charge is -2.13. The molecule has 1 N–H and O–H groups in total. The molecule has 1 aromatic heterocycles. The monoisotopic (exact) mass is 404 g/mol. The molecule has 0 saturated carbocycles. The Morgan fingerprint density at radius 1 is 0.933 bits per heavy atom. The molecule has 4 rings (SSSR count). The Balaban J connectivity index is 1.89. The molecule has 3 aromatic carbocycles. The van der Waals surface area contributed by atoms with E-state index in [1.807, 2.05) is 55.4 Å². The van der Waals surface area contributed by atoms with Crippen LogP contribution in [0.1, 0.15) is 10.4 Å². The number of likely N-dealkylation sites (N-methyl/N-ethyl adjacent to an activating group) is 1. The van der Waals surface area contributed by atoms with Gasteiger partial charge in [0.15, 0.2) is 11.5 Å². The first-order chi connectivity index (χ1) is 14.5. The fraction of sp³-hybridized carbons (Fsp3) is 0.261. The number of benzene rings is 3. The van der Waals surface area contributed by atoms with Crippen LogP contribution in [0.2, 0.25) is 0 Å². The van der Waals surface area contributed by atoms with Crippen molar-refractivity contribution in [3.8, 4) is 11.5 Å². The third kappa shape index (κ3) is 3.48. The van der Waals surface area contributed by atoms with Gasteiger partial charge >= 0.3 is 0 Å². The quantitative estimate of drug-likeness (QED) is 0.393. The minimum Gasteiger partial charge on any atom is -0.493 e. The van der Waals surface area contributed by atoms with Gasteiger partial charge in [0.2, 0.25) is 0 Å². The second-order valence-electron chi connectivity index (χ2n) is 7.29. The van der Waals surface area contributed by atoms with Crippen molar-refractivity contribution < 1.29 is 14.3 Å². The van der Waals surface area contributed by atoms with E-state index in [1.54, 1.807) is 20.3 Å². The molecule has 0 unspecified atom stereocenters. The highest BCUT2D eigenvalue weighted by atomic mass is 16.5. The normalized spacial score (nSPS) is 11.4. The van der Waals surface area contributed by atoms with Crippen molar-refractivity contribution in [2.24, 2.45) is 0 Å². The molecule has 7 nitrogen and oxygen atoms in total. The first-order valence-corrected chi connectivity index (χ1v) is 9.70. The summed E-state index contributed by atoms with van der Waals surface area (Å²) in [5.74, 6) is 1.14. The van der Waals surface area contributed by atoms with Gasteiger partial charge in [-0.15, -0.1) is 0 Å². The molecule has 0 saturated heterocycles. The Kier molecular flexibility index (Phi) is 5.37. The number of fused-ring (bicyclic) bond motifs is 4. The second kappa shape index (κ2) is 8.12. The highest BCUT2D eigenvalue weighted by Gasteiger charge is 2.16. The summed E-state index contributed by atoms with van der Waals surface area (Å²) in [6.07, 6.45) is 0. The number of carbonyl (C=O) groups excluding carboxylic acids is 1. The van der Waals surface area contributed by atoms with E-state index in [9.17, 15) is 4.79 Å². The standard InChI is InChI=1S/C23H24N4O3/c1-27(2)13-12-24-23(28)16-6-5-7-17-21(16)26-20-14-9-11-19(29-3)22(30-4)15(14)8-10-18(20)25-17/h5-11H,12-13H2,1-4H3,(H,24,28). The fourth-order valence-electron chi connectivity index (χ4n) is 3.56. The molecule has 0 radical (unpaired) electrons. The van der Waals surface area contributed by atoms with E-state index in [0.717, 1.165) is 28.4 Å². The molecular weight excluding hydrogens is 380 g/mol. The van der Waals surface area contributed by atoms with Crippen molar-refractivity contribution in [3.05, 3.63) is 48.0 Å². The maximum absolute atomic E-state index is 12.8. The SMILES string of the molecule is COc1ccc2c(ccc3nc4cccc(C(=O)NCCN(C)C)c4nc32)c1OC. The van der Waals surface area contributed by atoms with Crippen molar-refractivity contribution in [3.63, 3.8) is 0 Å². The van der Waals surface area contributed by atoms with Gasteiger partial charge in [0, 0.05) is 23.9 Å². The number of methoxy groups -OCH3 is 2. The van der Waals surface area contributed by atoms with E-state index in [1.165, 1.54) is 0 Å². The highest BCUT2D eigenvalue weighted by molar-refractivity contribution is 6.11. The first-order valence-electron chi connectivity index (χ1n) is 9.70. The van der Waals surface area contributed by atoms with E-state index in [4.69, 9.17) is 19.4 Å². The van der Waals surface area contributed by atoms with Crippen LogP contribution >= 0.6 is 0 Å². The van der Waals surface area contributed by atoms with Crippen molar-refractivity contribution in [2.45, 2.75) is 0 Å². The maximum Gasteiger partial charge on any atom is 0.253 e. The van der Waals surface area contributed by atoms with Gasteiger partial charge in [-0.3, -0.25) is 4.79 Å². The summed E-state index contributed by atoms with van der Waals surface area (Å²) < 4.78 is 11.0. The lowest BCUT2D eigenvalue weighted by molar-refractivity contribution is 0.0952. The van der Waals surface area contributed by atoms with Crippen molar-refractivity contribution in [1.29, 1.82) is 0 Å². The smallest absolute Gasteiger partial charge is 0.253 e. The van der Waals surface area contributed by atoms with Crippen LogP contribution in [-0.2, 0) is 0 Å². The van der Waals surface area contributed by atoms with E-state index in [2.05, 4.69) is 5.32 Å². The molecule has 0 fully saturated rings. The zero-order valence-electron chi connectivity index (χ0n) is 17.5. The zero-order chi connectivity index (χ0) is 21.3. The summed E-state index contributed by atoms with van der Waals surface area (Å²) in [5.41, 5.74) is 3.25. The van der Waals surface area contributed by atoms with Crippen LogP contribution in [0, 0.1) is 0 Å². The number of para-hydroxylation sites is 1. The van der Waals surface area contributed by atoms with Gasteiger partial charge in [0.05, 0.1) is 36.3 Å². The van der Waals surface area contributed by atoms with Gasteiger partial charge in [-0.05, 0) is 50.5 Å². The minimum absolute atomic E-state index is 0.157. The zero-order valence-corrected chi connectivity index (χ0v) is 17.5. The molecule has 7 heteroatoms. The van der Waals surface area contributed by atoms with E-state index < -0.39 is 0 Å². The van der Waals surface area contributed by atoms with Crippen LogP contribution in [0.5, 0.6) is 11.5 Å². The number of aromatic nitrogens is 2. The van der Waals surface area contributed by atoms with Crippen LogP contribution in [0.3, 0.4) is 0 Å². The van der Waals surface area contributed by atoms with Crippen molar-refractivity contribution >= 4 is 38.7 Å². The summed E-state index contributed by atoms with van der Waals surface area (Å²) >= 11 is 0. The molecule has 0 spiro atoms. The molecule has 0 aliphatic rings. The fourth-order valence-corrected chi connectivity index (χ4v) is 3.56. The molecule has 4 aromatic rings. The molecule has 0 atom stereocenters. The Morgan fingerprint density at radius 2 is 1.70 bits per heavy atom. The largest absolute Gasteiger partial charge is 0.493 e. The molecule has 154 valence electrons. The van der Waals surface area contributed by atoms with Crippen LogP contribution in [0.15, 0.2) is 42.5 Å². The maximum atomic E-state index is 12.8. The minimum atomic E-state index is -0.157. The molecular formula is C23H24N4O3. The molecule has 0 aliphatic heterocycles. The van der Waals surface area contributed by atoms with Crippen molar-refractivity contribution in [1.82, 2.24) is 20.2 Å². The van der Waals surface area contributed by atoms with Crippen LogP contribution in [0.4, 0.5) is 0 Å². The topological polar surface area (TPSA) is 76.6 Å². The van der Waals surface area contributed by atoms with E-state index in [-0.39, 0.29) is 5.91 Å². The van der Waals surface area contributed by atoms with Gasteiger partial charge in [-0.2, -0.15) is 0 Å². The Labute approximate surface area is 174 Å². The number of carbonyl (C=O) groups is 1. The van der Waals surface area contributed by atoms with Gasteiger partial charge in [-0.25, -0.2) is 9.97 Å². The van der Waals surface area contributed by atoms with Crippen LogP contribution < -0.4 is 14.8 Å². The summed E-state index contributed by atoms with van der Waals surface area (Å²) in [6, 6.07) is 13.2. The lowest BCUT2D eigenvalue weighted by atomic mass is 10.1. The second-order valence-corrected chi connectivity index (χ2v) is 7.29. The summed E-state index contributed by atoms with van der Waals surface area (Å²) in [6.45, 7) is 1.32. The number of nitrogens with zero attached hydrogens (tertiary/aromatic N) is 3. The van der Waals surface area contributed by atoms with Gasteiger partial charge in [0.1, 0.15) is 5.52 Å². The first kappa shape index (κ1) is 19.8. The lowest BCUT2D eigenvalue weighted by Crippen LogP contribution is -2.31. The van der Waals surface area contributed by atoms with E-state index in [0.29, 0.717) is 34.6 Å². The predicted octanol–water partition coefficient (Wildman–Crippen LogP) is 3.24.